The topological polar surface area (TPSA) is 61.8 Å². The molecule has 0 bridgehead atoms. The van der Waals surface area contributed by atoms with Crippen LogP contribution in [0.2, 0.25) is 0 Å². The van der Waals surface area contributed by atoms with E-state index in [1.165, 1.54) is 17.7 Å². The number of nitrogens with zero attached hydrogens (tertiary/aromatic N) is 1. The largest absolute Gasteiger partial charge is 0.469 e. The van der Waals surface area contributed by atoms with Gasteiger partial charge in [-0.25, -0.2) is 0 Å². The molecule has 1 saturated heterocycles. The van der Waals surface area contributed by atoms with Gasteiger partial charge in [-0.1, -0.05) is 30.3 Å². The predicted octanol–water partition coefficient (Wildman–Crippen LogP) is 3.57. The van der Waals surface area contributed by atoms with Crippen LogP contribution in [-0.2, 0) is 9.53 Å². The number of methoxy groups -OCH3 is 1. The summed E-state index contributed by atoms with van der Waals surface area (Å²) in [5, 5.41) is 15.6. The van der Waals surface area contributed by atoms with Crippen molar-refractivity contribution in [3.63, 3.8) is 0 Å². The molecular formula is C19H31ClN2O3. The number of hydrogen-bond donors (Lipinski definition) is 2. The van der Waals surface area contributed by atoms with Gasteiger partial charge in [0.1, 0.15) is 0 Å². The lowest BCUT2D eigenvalue weighted by atomic mass is 9.70. The Kier molecular flexibility index (Phi) is 7.04. The number of carbonyl (C=O) groups excluding carboxylic acids is 1. The molecule has 0 spiro atoms. The van der Waals surface area contributed by atoms with Crippen molar-refractivity contribution < 1.29 is 14.7 Å². The molecule has 1 aromatic rings. The number of benzene rings is 1. The molecule has 0 amide bonds. The third kappa shape index (κ3) is 4.34. The number of esters is 1. The average molecular weight is 371 g/mol. The van der Waals surface area contributed by atoms with E-state index in [2.05, 4.69) is 24.4 Å². The summed E-state index contributed by atoms with van der Waals surface area (Å²) in [6, 6.07) is 10.2. The van der Waals surface area contributed by atoms with E-state index in [0.29, 0.717) is 6.42 Å². The molecular weight excluding hydrogens is 340 g/mol. The van der Waals surface area contributed by atoms with E-state index in [-0.39, 0.29) is 30.5 Å². The summed E-state index contributed by atoms with van der Waals surface area (Å²) < 4.78 is 5.04. The van der Waals surface area contributed by atoms with Crippen LogP contribution in [0.1, 0.15) is 52.6 Å². The monoisotopic (exact) mass is 370 g/mol. The Bertz CT molecular complexity index is 577. The molecule has 1 heterocycles. The van der Waals surface area contributed by atoms with E-state index in [1.54, 1.807) is 0 Å². The van der Waals surface area contributed by atoms with Crippen LogP contribution in [0.5, 0.6) is 0 Å². The van der Waals surface area contributed by atoms with Crippen LogP contribution >= 0.6 is 12.4 Å². The molecule has 0 unspecified atom stereocenters. The van der Waals surface area contributed by atoms with Gasteiger partial charge in [0, 0.05) is 17.6 Å². The van der Waals surface area contributed by atoms with Gasteiger partial charge in [0.05, 0.1) is 18.6 Å². The van der Waals surface area contributed by atoms with Crippen LogP contribution in [0.4, 0.5) is 0 Å². The Labute approximate surface area is 157 Å². The SMILES string of the molecule is COC(=O)[C@@H]1[C@@H](N[C@H](C)c2ccccc2)CC(C)(C)N(O)C1(C)C.Cl. The van der Waals surface area contributed by atoms with Crippen molar-refractivity contribution in [1.82, 2.24) is 10.4 Å². The van der Waals surface area contributed by atoms with Gasteiger partial charge in [-0.15, -0.1) is 12.4 Å². The second-order valence-electron chi connectivity index (χ2n) is 7.89. The predicted molar refractivity (Wildman–Crippen MR) is 101 cm³/mol. The van der Waals surface area contributed by atoms with Crippen molar-refractivity contribution in [2.45, 2.75) is 64.2 Å². The van der Waals surface area contributed by atoms with Gasteiger partial charge < -0.3 is 15.3 Å². The van der Waals surface area contributed by atoms with Crippen LogP contribution in [0.25, 0.3) is 0 Å². The molecule has 1 aliphatic rings. The first-order valence-electron chi connectivity index (χ1n) is 8.49. The molecule has 6 heteroatoms. The molecule has 1 fully saturated rings. The van der Waals surface area contributed by atoms with Gasteiger partial charge in [-0.05, 0) is 46.6 Å². The summed E-state index contributed by atoms with van der Waals surface area (Å²) in [5.74, 6) is -0.765. The molecule has 3 atom stereocenters. The number of nitrogens with one attached hydrogen (secondary N) is 1. The second kappa shape index (κ2) is 8.04. The normalized spacial score (nSPS) is 26.4. The fraction of sp³-hybridized carbons (Fsp3) is 0.632. The number of rotatable bonds is 4. The maximum Gasteiger partial charge on any atom is 0.312 e. The molecule has 25 heavy (non-hydrogen) atoms. The first kappa shape index (κ1) is 21.9. The minimum atomic E-state index is -0.733. The number of halogens is 1. The molecule has 2 N–H and O–H groups in total. The zero-order valence-corrected chi connectivity index (χ0v) is 16.8. The lowest BCUT2D eigenvalue weighted by Gasteiger charge is -2.55. The van der Waals surface area contributed by atoms with Gasteiger partial charge in [0.25, 0.3) is 0 Å². The Balaban J connectivity index is 0.00000312. The average Bonchev–Trinajstić information content (AvgIpc) is 2.53. The van der Waals surface area contributed by atoms with Gasteiger partial charge in [-0.3, -0.25) is 4.79 Å². The summed E-state index contributed by atoms with van der Waals surface area (Å²) in [6.07, 6.45) is 0.643. The van der Waals surface area contributed by atoms with E-state index in [0.717, 1.165) is 0 Å². The number of hydroxylamine groups is 2. The highest BCUT2D eigenvalue weighted by Crippen LogP contribution is 2.42. The zero-order valence-electron chi connectivity index (χ0n) is 15.9. The van der Waals surface area contributed by atoms with Gasteiger partial charge in [0.15, 0.2) is 0 Å². The highest BCUT2D eigenvalue weighted by Gasteiger charge is 2.55. The third-order valence-electron chi connectivity index (χ3n) is 5.22. The van der Waals surface area contributed by atoms with Gasteiger partial charge >= 0.3 is 5.97 Å². The van der Waals surface area contributed by atoms with Crippen LogP contribution in [0.15, 0.2) is 30.3 Å². The van der Waals surface area contributed by atoms with E-state index < -0.39 is 17.0 Å². The van der Waals surface area contributed by atoms with Crippen LogP contribution in [0, 0.1) is 5.92 Å². The maximum atomic E-state index is 12.5. The van der Waals surface area contributed by atoms with E-state index >= 15 is 0 Å². The molecule has 0 aromatic heterocycles. The van der Waals surface area contributed by atoms with E-state index in [4.69, 9.17) is 4.74 Å². The standard InChI is InChI=1S/C19H30N2O3.ClH/c1-13(14-10-8-7-9-11-14)20-15-12-18(2,3)21(23)19(4,5)16(15)17(22)24-6;/h7-11,13,15-16,20,23H,12H2,1-6H3;1H/t13-,15+,16+;/m1./s1. The molecule has 0 aliphatic carbocycles. The Morgan fingerprint density at radius 2 is 1.84 bits per heavy atom. The Morgan fingerprint density at radius 1 is 1.28 bits per heavy atom. The van der Waals surface area contributed by atoms with Crippen LogP contribution < -0.4 is 5.32 Å². The quantitative estimate of drug-likeness (QED) is 0.793. The fourth-order valence-corrected chi connectivity index (χ4v) is 4.04. The Morgan fingerprint density at radius 3 is 2.36 bits per heavy atom. The van der Waals surface area contributed by atoms with Crippen molar-refractivity contribution in [3.8, 4) is 0 Å². The third-order valence-corrected chi connectivity index (χ3v) is 5.22. The zero-order chi connectivity index (χ0) is 18.1. The first-order valence-corrected chi connectivity index (χ1v) is 8.49. The molecule has 5 nitrogen and oxygen atoms in total. The molecule has 0 radical (unpaired) electrons. The molecule has 142 valence electrons. The summed E-state index contributed by atoms with van der Waals surface area (Å²) >= 11 is 0. The van der Waals surface area contributed by atoms with Crippen LogP contribution in [0.3, 0.4) is 0 Å². The maximum absolute atomic E-state index is 12.5. The summed E-state index contributed by atoms with van der Waals surface area (Å²) in [4.78, 5) is 12.5. The second-order valence-corrected chi connectivity index (χ2v) is 7.89. The van der Waals surface area contributed by atoms with E-state index in [9.17, 15) is 10.0 Å². The lowest BCUT2D eigenvalue weighted by molar-refractivity contribution is -0.265. The van der Waals surface area contributed by atoms with Crippen molar-refractivity contribution in [2.75, 3.05) is 7.11 Å². The molecule has 1 aromatic carbocycles. The summed E-state index contributed by atoms with van der Waals surface area (Å²) in [5.41, 5.74) is -0.00599. The number of ether oxygens (including phenoxy) is 1. The molecule has 1 aliphatic heterocycles. The van der Waals surface area contributed by atoms with Gasteiger partial charge in [0.2, 0.25) is 0 Å². The van der Waals surface area contributed by atoms with Crippen molar-refractivity contribution >= 4 is 18.4 Å². The van der Waals surface area contributed by atoms with Crippen molar-refractivity contribution in [1.29, 1.82) is 0 Å². The Hall–Kier alpha value is -1.14. The highest BCUT2D eigenvalue weighted by atomic mass is 35.5. The van der Waals surface area contributed by atoms with Crippen molar-refractivity contribution in [2.24, 2.45) is 5.92 Å². The fourth-order valence-electron chi connectivity index (χ4n) is 4.04. The smallest absolute Gasteiger partial charge is 0.312 e. The highest BCUT2D eigenvalue weighted by molar-refractivity contribution is 5.85. The first-order chi connectivity index (χ1) is 11.1. The van der Waals surface area contributed by atoms with E-state index in [1.807, 2.05) is 45.9 Å². The molecule has 0 saturated carbocycles. The summed E-state index contributed by atoms with van der Waals surface area (Å²) in [6.45, 7) is 9.85. The lowest BCUT2D eigenvalue weighted by Crippen LogP contribution is -2.69. The minimum Gasteiger partial charge on any atom is -0.469 e. The number of carbonyl (C=O) groups is 1. The van der Waals surface area contributed by atoms with Gasteiger partial charge in [-0.2, -0.15) is 5.06 Å². The number of hydrogen-bond acceptors (Lipinski definition) is 5. The molecule has 2 rings (SSSR count). The summed E-state index contributed by atoms with van der Waals surface area (Å²) in [7, 11) is 1.40. The minimum absolute atomic E-state index is 0. The van der Waals surface area contributed by atoms with Crippen molar-refractivity contribution in [3.05, 3.63) is 35.9 Å². The number of piperidine rings is 1. The van der Waals surface area contributed by atoms with Crippen LogP contribution in [-0.4, -0.2) is 40.5 Å².